The number of ether oxygens (including phenoxy) is 1. The number of hydrogen-bond acceptors (Lipinski definition) is 3. The molecule has 1 aromatic rings. The second-order valence-electron chi connectivity index (χ2n) is 5.91. The summed E-state index contributed by atoms with van der Waals surface area (Å²) in [6.07, 6.45) is -2.53. The van der Waals surface area contributed by atoms with E-state index >= 15 is 0 Å². The van der Waals surface area contributed by atoms with Crippen LogP contribution in [0.25, 0.3) is 0 Å². The smallest absolute Gasteiger partial charge is 0.422 e. The number of amides is 1. The molecular formula is C16H21F3N2O2. The minimum atomic E-state index is -4.34. The zero-order chi connectivity index (χ0) is 17.0. The summed E-state index contributed by atoms with van der Waals surface area (Å²) in [6.45, 7) is 0.151. The lowest BCUT2D eigenvalue weighted by Gasteiger charge is -2.26. The van der Waals surface area contributed by atoms with Crippen molar-refractivity contribution in [2.24, 2.45) is 0 Å². The standard InChI is InChI=1S/C16H21F3N2O2/c1-20(2)15(22)14-4-3-9-21(14)10-12-5-7-13(8-6-12)23-11-16(17,18)19/h5-8,14H,3-4,9-11H2,1-2H3/t14-/m1/s1. The Bertz CT molecular complexity index is 529. The maximum atomic E-state index is 12.1. The van der Waals surface area contributed by atoms with Crippen LogP contribution in [0.5, 0.6) is 5.75 Å². The molecule has 0 aromatic heterocycles. The number of benzene rings is 1. The molecule has 1 atom stereocenters. The Hall–Kier alpha value is -1.76. The Labute approximate surface area is 133 Å². The first kappa shape index (κ1) is 17.6. The number of likely N-dealkylation sites (tertiary alicyclic amines) is 1. The van der Waals surface area contributed by atoms with Crippen molar-refractivity contribution in [3.63, 3.8) is 0 Å². The lowest BCUT2D eigenvalue weighted by atomic mass is 10.1. The second kappa shape index (κ2) is 7.21. The van der Waals surface area contributed by atoms with E-state index in [1.54, 1.807) is 31.1 Å². The highest BCUT2D eigenvalue weighted by Gasteiger charge is 2.31. The number of halogens is 3. The van der Waals surface area contributed by atoms with E-state index in [1.165, 1.54) is 12.1 Å². The SMILES string of the molecule is CN(C)C(=O)[C@H]1CCCN1Cc1ccc(OCC(F)(F)F)cc1. The topological polar surface area (TPSA) is 32.8 Å². The second-order valence-corrected chi connectivity index (χ2v) is 5.91. The van der Waals surface area contributed by atoms with Crippen LogP contribution in [0.3, 0.4) is 0 Å². The number of rotatable bonds is 5. The van der Waals surface area contributed by atoms with Crippen LogP contribution in [0.1, 0.15) is 18.4 Å². The number of carbonyl (C=O) groups excluding carboxylic acids is 1. The Morgan fingerprint density at radius 2 is 1.96 bits per heavy atom. The van der Waals surface area contributed by atoms with E-state index in [0.717, 1.165) is 24.9 Å². The summed E-state index contributed by atoms with van der Waals surface area (Å²) in [5.74, 6) is 0.279. The summed E-state index contributed by atoms with van der Waals surface area (Å²) in [5, 5.41) is 0. The molecule has 0 N–H and O–H groups in total. The molecule has 1 aromatic carbocycles. The Kier molecular flexibility index (Phi) is 5.51. The van der Waals surface area contributed by atoms with Crippen LogP contribution in [0, 0.1) is 0 Å². The van der Waals surface area contributed by atoms with Gasteiger partial charge in [0.05, 0.1) is 6.04 Å². The van der Waals surface area contributed by atoms with Gasteiger partial charge in [0.25, 0.3) is 0 Å². The fourth-order valence-corrected chi connectivity index (χ4v) is 2.68. The van der Waals surface area contributed by atoms with Crippen LogP contribution in [0.2, 0.25) is 0 Å². The van der Waals surface area contributed by atoms with Crippen molar-refractivity contribution in [1.82, 2.24) is 9.80 Å². The minimum absolute atomic E-state index is 0.0904. The fourth-order valence-electron chi connectivity index (χ4n) is 2.68. The third kappa shape index (κ3) is 5.13. The van der Waals surface area contributed by atoms with E-state index in [2.05, 4.69) is 9.64 Å². The number of nitrogens with zero attached hydrogens (tertiary/aromatic N) is 2. The van der Waals surface area contributed by atoms with Crippen LogP contribution in [0.4, 0.5) is 13.2 Å². The number of likely N-dealkylation sites (N-methyl/N-ethyl adjacent to an activating group) is 1. The first-order chi connectivity index (χ1) is 10.8. The number of carbonyl (C=O) groups is 1. The van der Waals surface area contributed by atoms with Crippen molar-refractivity contribution < 1.29 is 22.7 Å². The highest BCUT2D eigenvalue weighted by atomic mass is 19.4. The Balaban J connectivity index is 1.94. The molecule has 0 radical (unpaired) electrons. The molecule has 1 amide bonds. The van der Waals surface area contributed by atoms with Gasteiger partial charge in [0.15, 0.2) is 6.61 Å². The lowest BCUT2D eigenvalue weighted by Crippen LogP contribution is -2.42. The average molecular weight is 330 g/mol. The molecule has 7 heteroatoms. The monoisotopic (exact) mass is 330 g/mol. The highest BCUT2D eigenvalue weighted by molar-refractivity contribution is 5.81. The molecule has 0 spiro atoms. The average Bonchev–Trinajstić information content (AvgIpc) is 2.93. The molecule has 0 unspecified atom stereocenters. The van der Waals surface area contributed by atoms with Crippen molar-refractivity contribution in [2.45, 2.75) is 31.6 Å². The normalized spacial score (nSPS) is 18.9. The Morgan fingerprint density at radius 3 is 2.52 bits per heavy atom. The van der Waals surface area contributed by atoms with Gasteiger partial charge in [-0.05, 0) is 37.1 Å². The maximum Gasteiger partial charge on any atom is 0.422 e. The van der Waals surface area contributed by atoms with Gasteiger partial charge in [-0.15, -0.1) is 0 Å². The highest BCUT2D eigenvalue weighted by Crippen LogP contribution is 2.23. The van der Waals surface area contributed by atoms with Gasteiger partial charge in [-0.2, -0.15) is 13.2 Å². The van der Waals surface area contributed by atoms with Gasteiger partial charge in [-0.3, -0.25) is 9.69 Å². The third-order valence-corrected chi connectivity index (χ3v) is 3.80. The summed E-state index contributed by atoms with van der Waals surface area (Å²) < 4.78 is 41.0. The van der Waals surface area contributed by atoms with E-state index in [0.29, 0.717) is 6.54 Å². The molecule has 23 heavy (non-hydrogen) atoms. The van der Waals surface area contributed by atoms with Gasteiger partial charge in [-0.1, -0.05) is 12.1 Å². The van der Waals surface area contributed by atoms with Crippen LogP contribution >= 0.6 is 0 Å². The van der Waals surface area contributed by atoms with E-state index in [4.69, 9.17) is 0 Å². The predicted octanol–water partition coefficient (Wildman–Crippen LogP) is 2.68. The lowest BCUT2D eigenvalue weighted by molar-refractivity contribution is -0.153. The molecule has 4 nitrogen and oxygen atoms in total. The van der Waals surface area contributed by atoms with Gasteiger partial charge in [0, 0.05) is 20.6 Å². The first-order valence-corrected chi connectivity index (χ1v) is 7.50. The van der Waals surface area contributed by atoms with Gasteiger partial charge >= 0.3 is 6.18 Å². The van der Waals surface area contributed by atoms with Crippen molar-refractivity contribution in [1.29, 1.82) is 0 Å². The summed E-state index contributed by atoms with van der Waals surface area (Å²) in [4.78, 5) is 15.8. The molecule has 1 saturated heterocycles. The zero-order valence-corrected chi connectivity index (χ0v) is 13.3. The third-order valence-electron chi connectivity index (χ3n) is 3.80. The fraction of sp³-hybridized carbons (Fsp3) is 0.562. The van der Waals surface area contributed by atoms with Crippen LogP contribution in [-0.2, 0) is 11.3 Å². The van der Waals surface area contributed by atoms with Crippen molar-refractivity contribution >= 4 is 5.91 Å². The van der Waals surface area contributed by atoms with Crippen molar-refractivity contribution in [3.05, 3.63) is 29.8 Å². The summed E-state index contributed by atoms with van der Waals surface area (Å²) in [5.41, 5.74) is 0.947. The molecule has 0 bridgehead atoms. The van der Waals surface area contributed by atoms with Gasteiger partial charge in [-0.25, -0.2) is 0 Å². The van der Waals surface area contributed by atoms with Gasteiger partial charge < -0.3 is 9.64 Å². The molecule has 1 aliphatic rings. The predicted molar refractivity (Wildman–Crippen MR) is 80.1 cm³/mol. The first-order valence-electron chi connectivity index (χ1n) is 7.50. The molecular weight excluding hydrogens is 309 g/mol. The van der Waals surface area contributed by atoms with E-state index in [1.807, 2.05) is 0 Å². The summed E-state index contributed by atoms with van der Waals surface area (Å²) >= 11 is 0. The largest absolute Gasteiger partial charge is 0.484 e. The van der Waals surface area contributed by atoms with Gasteiger partial charge in [0.1, 0.15) is 5.75 Å². The van der Waals surface area contributed by atoms with Crippen LogP contribution in [0.15, 0.2) is 24.3 Å². The molecule has 1 fully saturated rings. The van der Waals surface area contributed by atoms with Crippen LogP contribution in [-0.4, -0.2) is 55.2 Å². The van der Waals surface area contributed by atoms with Crippen molar-refractivity contribution in [3.8, 4) is 5.75 Å². The molecule has 0 aliphatic carbocycles. The maximum absolute atomic E-state index is 12.1. The van der Waals surface area contributed by atoms with E-state index in [9.17, 15) is 18.0 Å². The summed E-state index contributed by atoms with van der Waals surface area (Å²) in [7, 11) is 3.48. The molecule has 1 aliphatic heterocycles. The van der Waals surface area contributed by atoms with Gasteiger partial charge in [0.2, 0.25) is 5.91 Å². The zero-order valence-electron chi connectivity index (χ0n) is 13.3. The minimum Gasteiger partial charge on any atom is -0.484 e. The molecule has 2 rings (SSSR count). The molecule has 128 valence electrons. The Morgan fingerprint density at radius 1 is 1.30 bits per heavy atom. The molecule has 1 heterocycles. The summed E-state index contributed by atoms with van der Waals surface area (Å²) in [6, 6.07) is 6.41. The van der Waals surface area contributed by atoms with E-state index in [-0.39, 0.29) is 17.7 Å². The van der Waals surface area contributed by atoms with E-state index < -0.39 is 12.8 Å². The molecule has 0 saturated carbocycles. The van der Waals surface area contributed by atoms with Crippen molar-refractivity contribution in [2.75, 3.05) is 27.2 Å². The number of hydrogen-bond donors (Lipinski definition) is 0. The number of alkyl halides is 3. The quantitative estimate of drug-likeness (QED) is 0.832. The van der Waals surface area contributed by atoms with Crippen LogP contribution < -0.4 is 4.74 Å².